The van der Waals surface area contributed by atoms with E-state index < -0.39 is 0 Å². The molecule has 0 spiro atoms. The van der Waals surface area contributed by atoms with E-state index in [1.165, 1.54) is 171 Å². The number of ether oxygens (including phenoxy) is 3. The molecule has 21 rings (SSSR count). The Balaban J connectivity index is 0.000000120. The van der Waals surface area contributed by atoms with Gasteiger partial charge in [-0.15, -0.1) is 13.2 Å². The maximum Gasteiger partial charge on any atom is 0.158 e. The normalized spacial score (nSPS) is 47.2. The number of ketones is 7. The summed E-state index contributed by atoms with van der Waals surface area (Å²) in [5.74, 6) is 16.4. The van der Waals surface area contributed by atoms with Crippen molar-refractivity contribution in [3.05, 3.63) is 60.3 Å². The van der Waals surface area contributed by atoms with Gasteiger partial charge >= 0.3 is 0 Å². The fourth-order valence-corrected chi connectivity index (χ4v) is 38.3. The van der Waals surface area contributed by atoms with E-state index in [9.17, 15) is 43.8 Å². The van der Waals surface area contributed by atoms with Gasteiger partial charge in [0.1, 0.15) is 28.9 Å². The number of fused-ring (bicyclic) bond motifs is 18. The number of hydrogen-bond acceptors (Lipinski definition) is 12. The molecule has 0 radical (unpaired) electrons. The highest BCUT2D eigenvalue weighted by Crippen LogP contribution is 2.72. The molecule has 138 heavy (non-hydrogen) atoms. The van der Waals surface area contributed by atoms with Crippen LogP contribution in [0, 0.1) is 172 Å². The Morgan fingerprint density at radius 1 is 0.399 bits per heavy atom. The van der Waals surface area contributed by atoms with Crippen LogP contribution in [0.3, 0.4) is 0 Å². The molecular formula is C126H198O12. The van der Waals surface area contributed by atoms with E-state index in [2.05, 4.69) is 158 Å². The fourth-order valence-electron chi connectivity index (χ4n) is 38.3. The van der Waals surface area contributed by atoms with Crippen molar-refractivity contribution in [2.75, 3.05) is 0 Å². The third-order valence-corrected chi connectivity index (χ3v) is 46.9. The molecule has 0 aromatic carbocycles. The topological polar surface area (TPSA) is 188 Å². The predicted octanol–water partition coefficient (Wildman–Crippen LogP) is 29.9. The van der Waals surface area contributed by atoms with Crippen LogP contribution in [0.2, 0.25) is 0 Å². The van der Waals surface area contributed by atoms with E-state index in [4.69, 9.17) is 14.2 Å². The molecule has 19 saturated carbocycles. The van der Waals surface area contributed by atoms with Crippen molar-refractivity contribution in [2.24, 2.45) is 172 Å². The Morgan fingerprint density at radius 3 is 1.42 bits per heavy atom. The Bertz CT molecular complexity index is 4570. The van der Waals surface area contributed by atoms with Gasteiger partial charge in [0.05, 0.1) is 47.3 Å². The van der Waals surface area contributed by atoms with E-state index in [1.54, 1.807) is 6.92 Å². The molecule has 0 aromatic heterocycles. The zero-order valence-electron chi connectivity index (χ0n) is 91.5. The van der Waals surface area contributed by atoms with E-state index in [0.717, 1.165) is 213 Å². The van der Waals surface area contributed by atoms with Crippen molar-refractivity contribution in [2.45, 2.75) is 514 Å². The Labute approximate surface area is 839 Å². The van der Waals surface area contributed by atoms with Gasteiger partial charge in [-0.2, -0.15) is 0 Å². The Kier molecular flexibility index (Phi) is 31.0. The third kappa shape index (κ3) is 20.4. The summed E-state index contributed by atoms with van der Waals surface area (Å²) in [6.07, 6.45) is 61.8. The molecule has 0 heterocycles. The van der Waals surface area contributed by atoms with Crippen LogP contribution in [0.25, 0.3) is 0 Å². The van der Waals surface area contributed by atoms with E-state index >= 15 is 0 Å². The van der Waals surface area contributed by atoms with Crippen molar-refractivity contribution >= 4 is 40.5 Å². The summed E-state index contributed by atoms with van der Waals surface area (Å²) < 4.78 is 19.5. The molecule has 12 heteroatoms. The monoisotopic (exact) mass is 1900 g/mol. The van der Waals surface area contributed by atoms with Crippen molar-refractivity contribution in [3.63, 3.8) is 0 Å². The maximum absolute atomic E-state index is 12.9. The maximum atomic E-state index is 12.9. The molecule has 35 atom stereocenters. The quantitative estimate of drug-likeness (QED) is 0.176. The molecule has 0 unspecified atom stereocenters. The molecule has 21 aliphatic carbocycles. The number of Topliss-reactive ketones (excluding diaryl/α,β-unsaturated/α-hetero) is 6. The minimum absolute atomic E-state index is 0.0124. The summed E-state index contributed by atoms with van der Waals surface area (Å²) in [7, 11) is 0. The van der Waals surface area contributed by atoms with Gasteiger partial charge in [0, 0.05) is 67.6 Å². The first kappa shape index (κ1) is 107. The van der Waals surface area contributed by atoms with E-state index in [1.807, 2.05) is 18.2 Å². The van der Waals surface area contributed by atoms with Crippen LogP contribution in [-0.4, -0.2) is 98.0 Å². The van der Waals surface area contributed by atoms with E-state index in [0.29, 0.717) is 147 Å². The summed E-state index contributed by atoms with van der Waals surface area (Å²) in [6.45, 7) is 59.7. The van der Waals surface area contributed by atoms with Gasteiger partial charge in [-0.25, -0.2) is 0 Å². The van der Waals surface area contributed by atoms with Gasteiger partial charge in [0.2, 0.25) is 0 Å². The molecule has 0 bridgehead atoms. The number of rotatable bonds is 12. The minimum atomic E-state index is -0.293. The molecule has 2 N–H and O–H groups in total. The molecule has 12 nitrogen and oxygen atoms in total. The highest BCUT2D eigenvalue weighted by atomic mass is 16.5. The van der Waals surface area contributed by atoms with Crippen LogP contribution in [0.1, 0.15) is 466 Å². The van der Waals surface area contributed by atoms with Crippen LogP contribution in [0.15, 0.2) is 60.3 Å². The average Bonchev–Trinajstić information content (AvgIpc) is 1.35. The average molecular weight is 1900 g/mol. The standard InChI is InChI=1S/C23H38O3.C23H38O2.C22H34O2.C20H30O.C19H30O2.C19H28O2/c1-15(24)11-12-22(5)18-13-17-8-10-20(26-21(2,3)4)23(17,6)14-16(18)7-9-19(22)25;1-7-8-13-22(5)18-14-17-10-12-20(25-21(2,3)4)23(17,6)15-16(18)9-11-19(22)24;1-6-7-8-17-18-13-16-10-12-20(24-21(2,3)4)22(16,5)14-15(18)9-11-19(17)23;1-13-4-6-16-11-18-14(12-20(13,16)3)5-7-15-10-17(21)8-9-19(15,18)2;2*1-18-8-7-15(20)9-13(18)4-3-12-11-19(2)14(10-16(12)18)5-6-17(19)21/h16-18,20H,7-14H2,1-6H3;7,16-18,20H,1,8-15H2,2-6H3;6,15-16,20H,1,7-14H2,2-5H3;14-16,18H,1,4-12H2,2-3H3;12-16,20H,3-11H2,1-2H3;9,12,14,16-17,21H,3-8,10-11H2,1-2H3/t2*16-,17+,18-,20+,22+,23+;15-,16+,20+,22+;14-,15-,16+,18-,19-,20-;12-,13-,14+,15+,16-,18-,19+;12-,14+,16-,17+,18-,19+/m111111/s1. The number of allylic oxidation sites excluding steroid dienone is 7. The summed E-state index contributed by atoms with van der Waals surface area (Å²) in [4.78, 5) is 85.8. The second-order valence-electron chi connectivity index (χ2n) is 57.7. The zero-order valence-corrected chi connectivity index (χ0v) is 91.5. The third-order valence-electron chi connectivity index (χ3n) is 46.9. The predicted molar refractivity (Wildman–Crippen MR) is 558 cm³/mol. The van der Waals surface area contributed by atoms with Gasteiger partial charge in [-0.05, 0) is 506 Å². The van der Waals surface area contributed by atoms with Gasteiger partial charge in [0.25, 0.3) is 0 Å². The second kappa shape index (κ2) is 40.0. The first-order chi connectivity index (χ1) is 64.6. The van der Waals surface area contributed by atoms with Crippen molar-refractivity contribution in [3.8, 4) is 0 Å². The van der Waals surface area contributed by atoms with Crippen LogP contribution in [0.4, 0.5) is 0 Å². The smallest absolute Gasteiger partial charge is 0.158 e. The molecule has 0 aliphatic heterocycles. The van der Waals surface area contributed by atoms with Gasteiger partial charge in [-0.1, -0.05) is 112 Å². The van der Waals surface area contributed by atoms with Crippen LogP contribution < -0.4 is 0 Å². The number of carbonyl (C=O) groups excluding carboxylic acids is 7. The molecule has 0 saturated heterocycles. The minimum Gasteiger partial charge on any atom is -0.393 e. The van der Waals surface area contributed by atoms with Crippen molar-refractivity contribution in [1.29, 1.82) is 0 Å². The number of carbonyl (C=O) groups is 7. The lowest BCUT2D eigenvalue weighted by atomic mass is 9.46. The molecule has 21 aliphatic rings. The molecule has 19 fully saturated rings. The largest absolute Gasteiger partial charge is 0.393 e. The van der Waals surface area contributed by atoms with Crippen LogP contribution >= 0.6 is 0 Å². The molecule has 0 aromatic rings. The lowest BCUT2D eigenvalue weighted by molar-refractivity contribution is -0.156. The SMILES string of the molecule is C=C1CC[C@H]2C[C@@H]3[C@H](CC[C@@H]4CC(=O)CC[C@]43C)C[C@]12C.C=CCCC1=C2C[C@@H]3CC[C@H](OC(C)(C)C)[C@@]3(C)C[C@H]2CCC1=O.C=CCC[C@]1(C)C(=O)CC[C@@H]2C[C@@]3(C)[C@@H](CC[C@@H]3OC(C)(C)C)C[C@H]21.CC(=O)CC[C@]1(C)C(=O)CC[C@@H]2C[C@@]3(C)[C@@H](CC[C@@H]3OC(C)(C)C)C[C@H]21.C[C@@]12CC[C@H](O)C[C@H]1CC[C@@H]1C[C@]3(C)C(=O)CC[C@H]3C[C@H]12.C[C@]12C[C@H]3CCC4=CC(=O)CC[C@@]4(C)[C@@H]3C[C@@H]1CC[C@@H]2O. The fraction of sp³-hybridized carbons (Fsp3) is 0.865. The molecule has 774 valence electrons. The Morgan fingerprint density at radius 2 is 0.848 bits per heavy atom. The Hall–Kier alpha value is -3.81. The zero-order chi connectivity index (χ0) is 99.8. The number of hydrogen-bond donors (Lipinski definition) is 2. The van der Waals surface area contributed by atoms with Crippen molar-refractivity contribution in [1.82, 2.24) is 0 Å². The number of aliphatic hydroxyl groups is 2. The summed E-state index contributed by atoms with van der Waals surface area (Å²) >= 11 is 0. The van der Waals surface area contributed by atoms with Gasteiger partial charge in [0.15, 0.2) is 11.6 Å². The highest BCUT2D eigenvalue weighted by Gasteiger charge is 2.66. The number of aliphatic hydroxyl groups excluding tert-OH is 2. The summed E-state index contributed by atoms with van der Waals surface area (Å²) in [5.41, 5.74) is 7.62. The molecular weight excluding hydrogens is 1710 g/mol. The summed E-state index contributed by atoms with van der Waals surface area (Å²) in [6, 6.07) is 0. The highest BCUT2D eigenvalue weighted by molar-refractivity contribution is 5.97. The lowest BCUT2D eigenvalue weighted by Crippen LogP contribution is -2.53. The molecule has 0 amide bonds. The van der Waals surface area contributed by atoms with Gasteiger partial charge in [-0.3, -0.25) is 28.8 Å². The first-order valence-corrected chi connectivity index (χ1v) is 58.0. The van der Waals surface area contributed by atoms with Crippen LogP contribution in [0.5, 0.6) is 0 Å². The van der Waals surface area contributed by atoms with Crippen molar-refractivity contribution < 1.29 is 58.0 Å². The lowest BCUT2D eigenvalue weighted by Gasteiger charge is -2.59. The van der Waals surface area contributed by atoms with E-state index in [-0.39, 0.29) is 72.7 Å². The second-order valence-corrected chi connectivity index (χ2v) is 57.7. The summed E-state index contributed by atoms with van der Waals surface area (Å²) in [5, 5.41) is 20.5. The van der Waals surface area contributed by atoms with Crippen LogP contribution in [-0.2, 0) is 47.8 Å². The first-order valence-electron chi connectivity index (χ1n) is 58.0. The van der Waals surface area contributed by atoms with Gasteiger partial charge < -0.3 is 29.2 Å².